The number of aromatic nitrogens is 3. The van der Waals surface area contributed by atoms with Crippen molar-refractivity contribution in [1.82, 2.24) is 13.7 Å². The monoisotopic (exact) mass is 785 g/mol. The van der Waals surface area contributed by atoms with Crippen LogP contribution in [0.1, 0.15) is 63.8 Å². The highest BCUT2D eigenvalue weighted by Gasteiger charge is 2.26. The molecule has 0 fully saturated rings. The average molecular weight is 786 g/mol. The van der Waals surface area contributed by atoms with E-state index >= 15 is 0 Å². The van der Waals surface area contributed by atoms with Crippen LogP contribution in [0.15, 0.2) is 152 Å². The fourth-order valence-corrected chi connectivity index (χ4v) is 9.77. The Labute approximate surface area is 354 Å². The molecule has 11 rings (SSSR count). The van der Waals surface area contributed by atoms with Gasteiger partial charge in [-0.05, 0) is 106 Å². The number of para-hydroxylation sites is 2. The summed E-state index contributed by atoms with van der Waals surface area (Å²) < 4.78 is 6.72. The molecule has 61 heavy (non-hydrogen) atoms. The van der Waals surface area contributed by atoms with Crippen LogP contribution in [0.25, 0.3) is 93.3 Å². The topological polar surface area (TPSA) is 62.4 Å². The van der Waals surface area contributed by atoms with E-state index in [0.29, 0.717) is 22.5 Å². The van der Waals surface area contributed by atoms with Crippen molar-refractivity contribution in [3.05, 3.63) is 174 Å². The molecule has 0 saturated heterocycles. The van der Waals surface area contributed by atoms with Gasteiger partial charge in [-0.15, -0.1) is 0 Å². The normalized spacial score (nSPS) is 12.4. The minimum absolute atomic E-state index is 0.0461. The van der Waals surface area contributed by atoms with Crippen LogP contribution in [-0.2, 0) is 10.8 Å². The molecule has 5 nitrogen and oxygen atoms in total. The molecular weight excluding hydrogens is 743 g/mol. The molecule has 0 spiro atoms. The van der Waals surface area contributed by atoms with E-state index in [1.807, 2.05) is 12.1 Å². The molecule has 0 N–H and O–H groups in total. The Morgan fingerprint density at radius 2 is 0.820 bits per heavy atom. The van der Waals surface area contributed by atoms with Gasteiger partial charge in [0.15, 0.2) is 0 Å². The molecule has 292 valence electrons. The molecule has 0 bridgehead atoms. The maximum atomic E-state index is 11.2. The number of benzene rings is 8. The van der Waals surface area contributed by atoms with Crippen molar-refractivity contribution in [3.63, 3.8) is 0 Å². The van der Waals surface area contributed by atoms with E-state index in [-0.39, 0.29) is 10.8 Å². The Morgan fingerprint density at radius 3 is 1.36 bits per heavy atom. The molecule has 0 aliphatic carbocycles. The van der Waals surface area contributed by atoms with E-state index < -0.39 is 0 Å². The second-order valence-electron chi connectivity index (χ2n) is 18.5. The van der Waals surface area contributed by atoms with Crippen LogP contribution in [0.3, 0.4) is 0 Å². The molecule has 0 unspecified atom stereocenters. The molecule has 11 aromatic rings. The first-order valence-corrected chi connectivity index (χ1v) is 21.0. The predicted molar refractivity (Wildman–Crippen MR) is 254 cm³/mol. The van der Waals surface area contributed by atoms with Gasteiger partial charge in [0, 0.05) is 38.0 Å². The summed E-state index contributed by atoms with van der Waals surface area (Å²) in [4.78, 5) is 0. The van der Waals surface area contributed by atoms with Crippen molar-refractivity contribution < 1.29 is 0 Å². The van der Waals surface area contributed by atoms with E-state index in [9.17, 15) is 10.5 Å². The van der Waals surface area contributed by atoms with Crippen LogP contribution >= 0.6 is 0 Å². The van der Waals surface area contributed by atoms with Gasteiger partial charge in [0.25, 0.3) is 0 Å². The lowest BCUT2D eigenvalue weighted by atomic mass is 9.85. The van der Waals surface area contributed by atoms with E-state index in [4.69, 9.17) is 0 Å². The molecule has 3 heterocycles. The van der Waals surface area contributed by atoms with Gasteiger partial charge in [-0.2, -0.15) is 10.5 Å². The molecule has 5 heteroatoms. The first-order chi connectivity index (χ1) is 29.5. The zero-order chi connectivity index (χ0) is 41.9. The smallest absolute Gasteiger partial charge is 0.103 e. The minimum Gasteiger partial charge on any atom is -0.309 e. The molecule has 0 atom stereocenters. The first kappa shape index (κ1) is 36.5. The third-order valence-electron chi connectivity index (χ3n) is 12.8. The zero-order valence-electron chi connectivity index (χ0n) is 35.2. The van der Waals surface area contributed by atoms with Gasteiger partial charge in [-0.3, -0.25) is 0 Å². The molecule has 8 aromatic carbocycles. The van der Waals surface area contributed by atoms with Gasteiger partial charge in [-0.25, -0.2) is 0 Å². The molecular formula is C56H43N5. The Hall–Kier alpha value is -7.60. The minimum atomic E-state index is -0.0461. The van der Waals surface area contributed by atoms with Gasteiger partial charge in [-0.1, -0.05) is 120 Å². The number of nitrogens with zero attached hydrogens (tertiary/aromatic N) is 5. The van der Waals surface area contributed by atoms with Crippen molar-refractivity contribution in [2.45, 2.75) is 52.4 Å². The highest BCUT2D eigenvalue weighted by molar-refractivity contribution is 6.22. The molecule has 0 saturated carbocycles. The highest BCUT2D eigenvalue weighted by Crippen LogP contribution is 2.43. The quantitative estimate of drug-likeness (QED) is 0.179. The summed E-state index contributed by atoms with van der Waals surface area (Å²) in [6.07, 6.45) is 0. The lowest BCUT2D eigenvalue weighted by molar-refractivity contribution is 0.590. The standard InChI is InChI=1S/C56H43N5/c1-55(2,3)35-20-24-48-41(29-35)42-30-36(56(4,5)6)21-25-49(42)60(48)51-27-28-52(45(33-58)44(51)32-57)61-50-26-22-37(31-43(50)54-38-14-8-7-13-34(38)19-23-53(54)61)59-46-17-11-9-15-39(46)40-16-10-12-18-47(40)59/h7-31H,1-6H3. The fourth-order valence-electron chi connectivity index (χ4n) is 9.77. The van der Waals surface area contributed by atoms with Crippen molar-refractivity contribution in [2.24, 2.45) is 0 Å². The van der Waals surface area contributed by atoms with Crippen LogP contribution in [0.2, 0.25) is 0 Å². The van der Waals surface area contributed by atoms with Gasteiger partial charge in [0.1, 0.15) is 12.1 Å². The van der Waals surface area contributed by atoms with E-state index in [2.05, 4.69) is 207 Å². The second kappa shape index (κ2) is 12.9. The average Bonchev–Trinajstić information content (AvgIpc) is 3.90. The Bertz CT molecular complexity index is 3620. The van der Waals surface area contributed by atoms with Gasteiger partial charge in [0.2, 0.25) is 0 Å². The van der Waals surface area contributed by atoms with Crippen molar-refractivity contribution in [3.8, 4) is 29.2 Å². The van der Waals surface area contributed by atoms with Crippen LogP contribution < -0.4 is 0 Å². The van der Waals surface area contributed by atoms with E-state index in [0.717, 1.165) is 71.1 Å². The lowest BCUT2D eigenvalue weighted by Crippen LogP contribution is -2.10. The summed E-state index contributed by atoms with van der Waals surface area (Å²) in [5.74, 6) is 0. The molecule has 3 aromatic heterocycles. The fraction of sp³-hybridized carbons (Fsp3) is 0.143. The van der Waals surface area contributed by atoms with Gasteiger partial charge < -0.3 is 13.7 Å². The number of hydrogen-bond donors (Lipinski definition) is 0. The summed E-state index contributed by atoms with van der Waals surface area (Å²) >= 11 is 0. The summed E-state index contributed by atoms with van der Waals surface area (Å²) in [5, 5.41) is 31.5. The number of fused-ring (bicyclic) bond motifs is 11. The largest absolute Gasteiger partial charge is 0.309 e. The SMILES string of the molecule is CC(C)(C)c1ccc2c(c1)c1cc(C(C)(C)C)ccc1n2-c1ccc(-n2c3ccc(-n4c5ccccc5c5ccccc54)cc3c3c4ccccc4ccc32)c(C#N)c1C#N. The zero-order valence-corrected chi connectivity index (χ0v) is 35.2. The summed E-state index contributed by atoms with van der Waals surface area (Å²) in [5.41, 5.74) is 11.7. The second-order valence-corrected chi connectivity index (χ2v) is 18.5. The Balaban J connectivity index is 1.20. The van der Waals surface area contributed by atoms with Crippen molar-refractivity contribution in [1.29, 1.82) is 10.5 Å². The molecule has 0 aliphatic rings. The maximum Gasteiger partial charge on any atom is 0.103 e. The van der Waals surface area contributed by atoms with Crippen molar-refractivity contribution >= 4 is 76.2 Å². The molecule has 0 amide bonds. The van der Waals surface area contributed by atoms with E-state index in [1.165, 1.54) is 21.9 Å². The Kier molecular flexibility index (Phi) is 7.74. The lowest BCUT2D eigenvalue weighted by Gasteiger charge is -2.19. The number of rotatable bonds is 3. The third-order valence-corrected chi connectivity index (χ3v) is 12.8. The highest BCUT2D eigenvalue weighted by atomic mass is 15.0. The number of hydrogen-bond acceptors (Lipinski definition) is 2. The van der Waals surface area contributed by atoms with E-state index in [1.54, 1.807) is 0 Å². The van der Waals surface area contributed by atoms with Crippen molar-refractivity contribution in [2.75, 3.05) is 0 Å². The predicted octanol–water partition coefficient (Wildman–Crippen LogP) is 14.5. The number of nitriles is 2. The Morgan fingerprint density at radius 1 is 0.377 bits per heavy atom. The summed E-state index contributed by atoms with van der Waals surface area (Å²) in [6, 6.07) is 59.1. The van der Waals surface area contributed by atoms with Gasteiger partial charge in [0.05, 0.1) is 55.6 Å². The molecule has 0 radical (unpaired) electrons. The third kappa shape index (κ3) is 5.30. The first-order valence-electron chi connectivity index (χ1n) is 21.0. The van der Waals surface area contributed by atoms with Gasteiger partial charge >= 0.3 is 0 Å². The van der Waals surface area contributed by atoms with Crippen LogP contribution in [-0.4, -0.2) is 13.7 Å². The summed E-state index contributed by atoms with van der Waals surface area (Å²) in [6.45, 7) is 13.4. The summed E-state index contributed by atoms with van der Waals surface area (Å²) in [7, 11) is 0. The van der Waals surface area contributed by atoms with Crippen LogP contribution in [0.4, 0.5) is 0 Å². The van der Waals surface area contributed by atoms with Crippen LogP contribution in [0.5, 0.6) is 0 Å². The maximum absolute atomic E-state index is 11.2. The van der Waals surface area contributed by atoms with Crippen LogP contribution in [0, 0.1) is 22.7 Å². The molecule has 0 aliphatic heterocycles.